The van der Waals surface area contributed by atoms with Crippen LogP contribution >= 0.6 is 11.8 Å². The minimum absolute atomic E-state index is 0.00983. The third-order valence-corrected chi connectivity index (χ3v) is 4.07. The Morgan fingerprint density at radius 3 is 2.58 bits per heavy atom. The van der Waals surface area contributed by atoms with Gasteiger partial charge in [-0.2, -0.15) is 0 Å². The monoisotopic (exact) mass is 355 g/mol. The number of nitrogens with one attached hydrogen (secondary N) is 1. The number of nitro groups is 1. The first-order valence-corrected chi connectivity index (χ1v) is 7.98. The van der Waals surface area contributed by atoms with E-state index in [1.165, 1.54) is 12.1 Å². The number of thioether (sulfide) groups is 1. The molecule has 0 saturated carbocycles. The molecule has 1 aromatic rings. The predicted molar refractivity (Wildman–Crippen MR) is 86.8 cm³/mol. The fraction of sp³-hybridized carbons (Fsp3) is 0.357. The van der Waals surface area contributed by atoms with Crippen LogP contribution in [-0.2, 0) is 9.59 Å². The Bertz CT molecular complexity index is 664. The van der Waals surface area contributed by atoms with Crippen LogP contribution in [0.5, 0.6) is 0 Å². The minimum atomic E-state index is -1.13. The molecule has 130 valence electrons. The van der Waals surface area contributed by atoms with Crippen LogP contribution in [0.15, 0.2) is 23.1 Å². The standard InChI is InChI=1S/C14H17N3O6S/c1-2-3-9(14(20)21)16-12(18)7-24-11-5-4-8(13(15)19)6-10(11)17(22)23/h4-6,9H,2-3,7H2,1H3,(H2,15,19)(H,16,18)(H,20,21). The highest BCUT2D eigenvalue weighted by molar-refractivity contribution is 8.00. The number of nitro benzene ring substituents is 1. The fourth-order valence-electron chi connectivity index (χ4n) is 1.86. The predicted octanol–water partition coefficient (Wildman–Crippen LogP) is 1.16. The van der Waals surface area contributed by atoms with Crippen LogP contribution in [0.4, 0.5) is 5.69 Å². The zero-order chi connectivity index (χ0) is 18.3. The number of hydrogen-bond donors (Lipinski definition) is 3. The maximum Gasteiger partial charge on any atom is 0.326 e. The second-order valence-electron chi connectivity index (χ2n) is 4.84. The van der Waals surface area contributed by atoms with Crippen LogP contribution in [0.25, 0.3) is 0 Å². The third-order valence-electron chi connectivity index (χ3n) is 3.01. The highest BCUT2D eigenvalue weighted by Gasteiger charge is 2.21. The van der Waals surface area contributed by atoms with Crippen LogP contribution < -0.4 is 11.1 Å². The molecule has 2 amide bonds. The van der Waals surface area contributed by atoms with Gasteiger partial charge in [-0.15, -0.1) is 11.8 Å². The molecule has 1 aromatic carbocycles. The van der Waals surface area contributed by atoms with Crippen molar-refractivity contribution in [3.8, 4) is 0 Å². The lowest BCUT2D eigenvalue weighted by atomic mass is 10.2. The van der Waals surface area contributed by atoms with Gasteiger partial charge in [-0.25, -0.2) is 4.79 Å². The lowest BCUT2D eigenvalue weighted by Crippen LogP contribution is -2.41. The number of carboxylic acids is 1. The number of rotatable bonds is 9. The Morgan fingerprint density at radius 1 is 1.42 bits per heavy atom. The zero-order valence-electron chi connectivity index (χ0n) is 12.9. The van der Waals surface area contributed by atoms with Crippen LogP contribution in [0, 0.1) is 10.1 Å². The number of hydrogen-bond acceptors (Lipinski definition) is 6. The van der Waals surface area contributed by atoms with Gasteiger partial charge >= 0.3 is 5.97 Å². The topological polar surface area (TPSA) is 153 Å². The molecule has 0 fully saturated rings. The molecular formula is C14H17N3O6S. The second-order valence-corrected chi connectivity index (χ2v) is 5.86. The summed E-state index contributed by atoms with van der Waals surface area (Å²) in [5.41, 5.74) is 4.73. The minimum Gasteiger partial charge on any atom is -0.480 e. The molecule has 0 radical (unpaired) electrons. The van der Waals surface area contributed by atoms with Crippen molar-refractivity contribution in [2.24, 2.45) is 5.73 Å². The van der Waals surface area contributed by atoms with E-state index in [-0.39, 0.29) is 21.9 Å². The molecule has 24 heavy (non-hydrogen) atoms. The van der Waals surface area contributed by atoms with Gasteiger partial charge in [-0.1, -0.05) is 13.3 Å². The maximum absolute atomic E-state index is 11.8. The van der Waals surface area contributed by atoms with Gasteiger partial charge in [0.15, 0.2) is 0 Å². The molecule has 4 N–H and O–H groups in total. The number of primary amides is 1. The summed E-state index contributed by atoms with van der Waals surface area (Å²) < 4.78 is 0. The van der Waals surface area contributed by atoms with Gasteiger partial charge in [0.25, 0.3) is 5.69 Å². The number of carbonyl (C=O) groups is 3. The number of aliphatic carboxylic acids is 1. The summed E-state index contributed by atoms with van der Waals surface area (Å²) in [6.07, 6.45) is 0.879. The molecule has 1 rings (SSSR count). The van der Waals surface area contributed by atoms with E-state index in [4.69, 9.17) is 10.8 Å². The molecule has 0 spiro atoms. The van der Waals surface area contributed by atoms with Gasteiger partial charge in [0, 0.05) is 11.6 Å². The molecule has 0 heterocycles. The SMILES string of the molecule is CCCC(NC(=O)CSc1ccc(C(N)=O)cc1[N+](=O)[O-])C(=O)O. The molecule has 0 aliphatic carbocycles. The number of amides is 2. The van der Waals surface area contributed by atoms with Gasteiger partial charge in [-0.05, 0) is 18.6 Å². The van der Waals surface area contributed by atoms with Crippen molar-refractivity contribution in [3.63, 3.8) is 0 Å². The highest BCUT2D eigenvalue weighted by atomic mass is 32.2. The summed E-state index contributed by atoms with van der Waals surface area (Å²) in [5.74, 6) is -2.66. The number of nitrogens with zero attached hydrogens (tertiary/aromatic N) is 1. The van der Waals surface area contributed by atoms with Crippen molar-refractivity contribution in [2.75, 3.05) is 5.75 Å². The van der Waals surface area contributed by atoms with E-state index in [0.717, 1.165) is 17.8 Å². The van der Waals surface area contributed by atoms with Gasteiger partial charge < -0.3 is 16.2 Å². The molecule has 0 bridgehead atoms. The Kier molecular flexibility index (Phi) is 7.18. The lowest BCUT2D eigenvalue weighted by molar-refractivity contribution is -0.387. The number of nitrogens with two attached hydrogens (primary N) is 1. The second kappa shape index (κ2) is 8.87. The molecular weight excluding hydrogens is 338 g/mol. The van der Waals surface area contributed by atoms with Crippen LogP contribution in [0.3, 0.4) is 0 Å². The number of benzene rings is 1. The van der Waals surface area contributed by atoms with Gasteiger partial charge in [-0.3, -0.25) is 19.7 Å². The van der Waals surface area contributed by atoms with Crippen LogP contribution in [0.1, 0.15) is 30.1 Å². The summed E-state index contributed by atoms with van der Waals surface area (Å²) in [4.78, 5) is 44.4. The fourth-order valence-corrected chi connectivity index (χ4v) is 2.68. The maximum atomic E-state index is 11.8. The summed E-state index contributed by atoms with van der Waals surface area (Å²) in [7, 11) is 0. The summed E-state index contributed by atoms with van der Waals surface area (Å²) in [6.45, 7) is 1.79. The van der Waals surface area contributed by atoms with E-state index in [1.807, 2.05) is 0 Å². The average Bonchev–Trinajstić information content (AvgIpc) is 2.51. The number of carboxylic acid groups (broad SMARTS) is 1. The summed E-state index contributed by atoms with van der Waals surface area (Å²) in [5, 5.41) is 22.4. The van der Waals surface area contributed by atoms with Gasteiger partial charge in [0.1, 0.15) is 6.04 Å². The lowest BCUT2D eigenvalue weighted by Gasteiger charge is -2.13. The summed E-state index contributed by atoms with van der Waals surface area (Å²) in [6, 6.07) is 2.71. The Hall–Kier alpha value is -2.62. The molecule has 9 nitrogen and oxygen atoms in total. The smallest absolute Gasteiger partial charge is 0.326 e. The van der Waals surface area contributed by atoms with E-state index >= 15 is 0 Å². The Labute approximate surface area is 141 Å². The van der Waals surface area contributed by atoms with Crippen molar-refractivity contribution in [2.45, 2.75) is 30.7 Å². The van der Waals surface area contributed by atoms with Crippen molar-refractivity contribution in [3.05, 3.63) is 33.9 Å². The quantitative estimate of drug-likeness (QED) is 0.341. The van der Waals surface area contributed by atoms with Crippen molar-refractivity contribution >= 4 is 35.2 Å². The van der Waals surface area contributed by atoms with E-state index in [9.17, 15) is 24.5 Å². The average molecular weight is 355 g/mol. The van der Waals surface area contributed by atoms with Gasteiger partial charge in [0.2, 0.25) is 11.8 Å². The van der Waals surface area contributed by atoms with Crippen LogP contribution in [0.2, 0.25) is 0 Å². The largest absolute Gasteiger partial charge is 0.480 e. The summed E-state index contributed by atoms with van der Waals surface area (Å²) >= 11 is 0.877. The van der Waals surface area contributed by atoms with Crippen LogP contribution in [-0.4, -0.2) is 39.6 Å². The molecule has 1 atom stereocenters. The van der Waals surface area contributed by atoms with E-state index in [2.05, 4.69) is 5.32 Å². The first-order valence-electron chi connectivity index (χ1n) is 6.99. The first kappa shape index (κ1) is 19.4. The number of carbonyl (C=O) groups excluding carboxylic acids is 2. The Balaban J connectivity index is 2.79. The highest BCUT2D eigenvalue weighted by Crippen LogP contribution is 2.29. The zero-order valence-corrected chi connectivity index (χ0v) is 13.7. The third kappa shape index (κ3) is 5.54. The first-order chi connectivity index (χ1) is 11.3. The van der Waals surface area contributed by atoms with Crippen molar-refractivity contribution in [1.29, 1.82) is 0 Å². The van der Waals surface area contributed by atoms with Crippen molar-refractivity contribution < 1.29 is 24.4 Å². The van der Waals surface area contributed by atoms with Crippen molar-refractivity contribution in [1.82, 2.24) is 5.32 Å². The molecule has 10 heteroatoms. The molecule has 0 aliphatic heterocycles. The molecule has 0 aromatic heterocycles. The van der Waals surface area contributed by atoms with E-state index in [1.54, 1.807) is 6.92 Å². The molecule has 1 unspecified atom stereocenters. The van der Waals surface area contributed by atoms with E-state index < -0.39 is 28.7 Å². The van der Waals surface area contributed by atoms with Gasteiger partial charge in [0.05, 0.1) is 15.6 Å². The molecule has 0 saturated heterocycles. The normalized spacial score (nSPS) is 11.5. The molecule has 0 aliphatic rings. The van der Waals surface area contributed by atoms with E-state index in [0.29, 0.717) is 12.8 Å². The Morgan fingerprint density at radius 2 is 2.08 bits per heavy atom.